The Hall–Kier alpha value is -3.92. The zero-order valence-electron chi connectivity index (χ0n) is 18.6. The van der Waals surface area contributed by atoms with Crippen molar-refractivity contribution in [3.63, 3.8) is 0 Å². The van der Waals surface area contributed by atoms with Crippen LogP contribution < -0.4 is 15.6 Å². The van der Waals surface area contributed by atoms with Gasteiger partial charge in [-0.05, 0) is 62.2 Å². The lowest BCUT2D eigenvalue weighted by atomic mass is 10.1. The van der Waals surface area contributed by atoms with E-state index in [0.29, 0.717) is 22.6 Å². The molecule has 9 nitrogen and oxygen atoms in total. The van der Waals surface area contributed by atoms with Crippen molar-refractivity contribution in [3.8, 4) is 0 Å². The maximum absolute atomic E-state index is 13.1. The van der Waals surface area contributed by atoms with Gasteiger partial charge in [0.15, 0.2) is 5.65 Å². The molecule has 0 aliphatic rings. The fraction of sp³-hybridized carbons (Fsp3) is 0.174. The van der Waals surface area contributed by atoms with Gasteiger partial charge in [-0.3, -0.25) is 24.1 Å². The number of sulfonamides is 1. The minimum atomic E-state index is -3.90. The molecule has 4 aromatic rings. The van der Waals surface area contributed by atoms with E-state index < -0.39 is 21.5 Å². The monoisotopic (exact) mass is 465 g/mol. The zero-order valence-corrected chi connectivity index (χ0v) is 19.4. The second-order valence-corrected chi connectivity index (χ2v) is 9.57. The number of nitrogens with one attached hydrogen (secondary N) is 3. The van der Waals surface area contributed by atoms with E-state index in [-0.39, 0.29) is 21.5 Å². The summed E-state index contributed by atoms with van der Waals surface area (Å²) in [5.74, 6) is -0.541. The summed E-state index contributed by atoms with van der Waals surface area (Å²) in [6.45, 7) is 5.27. The number of carbonyl (C=O) groups excluding carboxylic acids is 1. The van der Waals surface area contributed by atoms with Crippen molar-refractivity contribution in [3.05, 3.63) is 81.3 Å². The highest BCUT2D eigenvalue weighted by Crippen LogP contribution is 2.24. The number of carbonyl (C=O) groups is 1. The molecule has 0 saturated carbocycles. The first-order valence-electron chi connectivity index (χ1n) is 10.1. The number of aromatic amines is 1. The van der Waals surface area contributed by atoms with Crippen molar-refractivity contribution >= 4 is 38.3 Å². The number of aryl methyl sites for hydroxylation is 4. The molecular formula is C23H23N5O4S. The molecule has 10 heteroatoms. The van der Waals surface area contributed by atoms with E-state index in [9.17, 15) is 18.0 Å². The van der Waals surface area contributed by atoms with Gasteiger partial charge in [0, 0.05) is 24.1 Å². The van der Waals surface area contributed by atoms with Gasteiger partial charge in [-0.1, -0.05) is 18.2 Å². The van der Waals surface area contributed by atoms with Gasteiger partial charge in [0.1, 0.15) is 0 Å². The number of H-pyrrole nitrogens is 1. The predicted octanol–water partition coefficient (Wildman–Crippen LogP) is 3.24. The number of hydrogen-bond acceptors (Lipinski definition) is 5. The summed E-state index contributed by atoms with van der Waals surface area (Å²) in [6.07, 6.45) is 0. The molecule has 2 aromatic carbocycles. The predicted molar refractivity (Wildman–Crippen MR) is 127 cm³/mol. The van der Waals surface area contributed by atoms with Crippen LogP contribution >= 0.6 is 0 Å². The highest BCUT2D eigenvalue weighted by molar-refractivity contribution is 7.92. The van der Waals surface area contributed by atoms with Crippen LogP contribution in [-0.4, -0.2) is 29.1 Å². The molecular weight excluding hydrogens is 442 g/mol. The molecule has 0 radical (unpaired) electrons. The van der Waals surface area contributed by atoms with Crippen LogP contribution in [-0.2, 0) is 17.1 Å². The Morgan fingerprint density at radius 1 is 1.03 bits per heavy atom. The number of fused-ring (bicyclic) bond motifs is 1. The lowest BCUT2D eigenvalue weighted by Crippen LogP contribution is -2.17. The number of rotatable bonds is 5. The second kappa shape index (κ2) is 8.21. The Balaban J connectivity index is 1.68. The molecule has 0 spiro atoms. The molecule has 0 atom stereocenters. The van der Waals surface area contributed by atoms with Gasteiger partial charge in [0.25, 0.3) is 21.5 Å². The smallest absolute Gasteiger partial charge is 0.274 e. The van der Waals surface area contributed by atoms with E-state index in [1.54, 1.807) is 51.2 Å². The molecule has 170 valence electrons. The van der Waals surface area contributed by atoms with E-state index in [1.807, 2.05) is 13.0 Å². The van der Waals surface area contributed by atoms with Crippen LogP contribution in [0, 0.1) is 20.8 Å². The van der Waals surface area contributed by atoms with Gasteiger partial charge >= 0.3 is 0 Å². The number of benzene rings is 2. The van der Waals surface area contributed by atoms with Crippen LogP contribution in [0.4, 0.5) is 11.4 Å². The van der Waals surface area contributed by atoms with E-state index in [1.165, 1.54) is 16.8 Å². The SMILES string of the molecule is Cc1cccc(NS(=O)(=O)c2cc(NC(=O)c3cc(C)nc4c3c(=O)[nH]n4C)ccc2C)c1. The fourth-order valence-corrected chi connectivity index (χ4v) is 4.97. The van der Waals surface area contributed by atoms with Crippen LogP contribution in [0.2, 0.25) is 0 Å². The summed E-state index contributed by atoms with van der Waals surface area (Å²) in [7, 11) is -2.26. The van der Waals surface area contributed by atoms with Crippen molar-refractivity contribution < 1.29 is 13.2 Å². The summed E-state index contributed by atoms with van der Waals surface area (Å²) >= 11 is 0. The summed E-state index contributed by atoms with van der Waals surface area (Å²) in [6, 6.07) is 13.2. The largest absolute Gasteiger partial charge is 0.322 e. The first kappa shape index (κ1) is 22.3. The summed E-state index contributed by atoms with van der Waals surface area (Å²) in [4.78, 5) is 29.7. The third-order valence-electron chi connectivity index (χ3n) is 5.19. The molecule has 0 unspecified atom stereocenters. The average Bonchev–Trinajstić information content (AvgIpc) is 3.01. The third kappa shape index (κ3) is 4.37. The van der Waals surface area contributed by atoms with Crippen LogP contribution in [0.3, 0.4) is 0 Å². The van der Waals surface area contributed by atoms with Gasteiger partial charge in [-0.15, -0.1) is 0 Å². The Morgan fingerprint density at radius 3 is 2.52 bits per heavy atom. The maximum atomic E-state index is 13.1. The highest BCUT2D eigenvalue weighted by Gasteiger charge is 2.21. The van der Waals surface area contributed by atoms with Crippen molar-refractivity contribution in [2.24, 2.45) is 7.05 Å². The lowest BCUT2D eigenvalue weighted by Gasteiger charge is -2.13. The molecule has 33 heavy (non-hydrogen) atoms. The van der Waals surface area contributed by atoms with Crippen LogP contribution in [0.25, 0.3) is 11.0 Å². The van der Waals surface area contributed by atoms with Gasteiger partial charge < -0.3 is 5.32 Å². The van der Waals surface area contributed by atoms with E-state index in [2.05, 4.69) is 20.1 Å². The molecule has 1 amide bonds. The highest BCUT2D eigenvalue weighted by atomic mass is 32.2. The average molecular weight is 466 g/mol. The third-order valence-corrected chi connectivity index (χ3v) is 6.72. The van der Waals surface area contributed by atoms with Crippen LogP contribution in [0.1, 0.15) is 27.2 Å². The Kier molecular flexibility index (Phi) is 5.54. The summed E-state index contributed by atoms with van der Waals surface area (Å²) in [5, 5.41) is 5.47. The van der Waals surface area contributed by atoms with Gasteiger partial charge in [0.05, 0.1) is 15.8 Å². The Labute approximate surface area is 190 Å². The number of aromatic nitrogens is 3. The van der Waals surface area contributed by atoms with Crippen LogP contribution in [0.5, 0.6) is 0 Å². The molecule has 0 aliphatic carbocycles. The van der Waals surface area contributed by atoms with E-state index in [0.717, 1.165) is 5.56 Å². The van der Waals surface area contributed by atoms with Crippen molar-refractivity contribution in [2.75, 3.05) is 10.0 Å². The molecule has 0 aliphatic heterocycles. The van der Waals surface area contributed by atoms with Crippen molar-refractivity contribution in [1.29, 1.82) is 0 Å². The summed E-state index contributed by atoms with van der Waals surface area (Å²) < 4.78 is 30.1. The number of pyridine rings is 1. The Bertz CT molecular complexity index is 1570. The first-order chi connectivity index (χ1) is 15.5. The molecule has 0 fully saturated rings. The molecule has 4 rings (SSSR count). The molecule has 2 aromatic heterocycles. The number of hydrogen-bond donors (Lipinski definition) is 3. The zero-order chi connectivity index (χ0) is 23.9. The normalized spacial score (nSPS) is 11.5. The minimum absolute atomic E-state index is 0.0374. The second-order valence-electron chi connectivity index (χ2n) is 7.92. The standard InChI is InChI=1S/C23H23N5O4S/c1-13-6-5-7-17(10-13)27-33(31,32)19-12-16(9-8-14(19)2)25-22(29)18-11-15(3)24-21-20(18)23(30)26-28(21)4/h5-12,27H,1-4H3,(H,25,29)(H,26,30). The van der Waals surface area contributed by atoms with Crippen LogP contribution in [0.15, 0.2) is 58.2 Å². The number of amides is 1. The number of anilines is 2. The molecule has 2 heterocycles. The first-order valence-corrected chi connectivity index (χ1v) is 11.6. The summed E-state index contributed by atoms with van der Waals surface area (Å²) in [5.41, 5.74) is 2.82. The van der Waals surface area contributed by atoms with Gasteiger partial charge in [0.2, 0.25) is 0 Å². The lowest BCUT2D eigenvalue weighted by molar-refractivity contribution is 0.102. The topological polar surface area (TPSA) is 126 Å². The maximum Gasteiger partial charge on any atom is 0.274 e. The van der Waals surface area contributed by atoms with E-state index in [4.69, 9.17) is 0 Å². The quantitative estimate of drug-likeness (QED) is 0.417. The van der Waals surface area contributed by atoms with E-state index >= 15 is 0 Å². The van der Waals surface area contributed by atoms with Gasteiger partial charge in [-0.2, -0.15) is 0 Å². The molecule has 3 N–H and O–H groups in total. The Morgan fingerprint density at radius 2 is 1.79 bits per heavy atom. The number of nitrogens with zero attached hydrogens (tertiary/aromatic N) is 2. The van der Waals surface area contributed by atoms with Crippen molar-refractivity contribution in [2.45, 2.75) is 25.7 Å². The molecule has 0 bridgehead atoms. The minimum Gasteiger partial charge on any atom is -0.322 e. The fourth-order valence-electron chi connectivity index (χ4n) is 3.65. The molecule has 0 saturated heterocycles. The van der Waals surface area contributed by atoms with Gasteiger partial charge in [-0.25, -0.2) is 13.4 Å². The van der Waals surface area contributed by atoms with Crippen molar-refractivity contribution in [1.82, 2.24) is 14.8 Å².